The summed E-state index contributed by atoms with van der Waals surface area (Å²) in [5.41, 5.74) is 7.24. The van der Waals surface area contributed by atoms with E-state index in [4.69, 9.17) is 19.9 Å². The quantitative estimate of drug-likeness (QED) is 0.856. The number of aryl methyl sites for hydroxylation is 2. The molecule has 0 aliphatic carbocycles. The van der Waals surface area contributed by atoms with Gasteiger partial charge in [-0.1, -0.05) is 31.2 Å². The van der Waals surface area contributed by atoms with Crippen LogP contribution in [0.25, 0.3) is 0 Å². The average Bonchev–Trinajstić information content (AvgIpc) is 2.60. The standard InChI is InChI=1S/C17H20O3.C2H7N.ClH/c1-18-15-8-4-6-13(12-15)10-11-14-7-5-9-16(19-2)17(14)20-3;1-2-3;/h4-9,12H,10-11H2,1-3H3;2-3H2,1H3;1H. The fourth-order valence-corrected chi connectivity index (χ4v) is 2.26. The van der Waals surface area contributed by atoms with Crippen molar-refractivity contribution in [1.29, 1.82) is 0 Å². The highest BCUT2D eigenvalue weighted by molar-refractivity contribution is 5.85. The molecule has 24 heavy (non-hydrogen) atoms. The molecule has 0 atom stereocenters. The predicted molar refractivity (Wildman–Crippen MR) is 102 cm³/mol. The molecule has 0 saturated carbocycles. The number of hydrogen-bond acceptors (Lipinski definition) is 4. The molecule has 0 amide bonds. The van der Waals surface area contributed by atoms with Gasteiger partial charge in [-0.2, -0.15) is 0 Å². The first-order chi connectivity index (χ1) is 11.2. The Balaban J connectivity index is 0.00000123. The van der Waals surface area contributed by atoms with Crippen molar-refractivity contribution in [1.82, 2.24) is 0 Å². The first kappa shape index (κ1) is 22.1. The van der Waals surface area contributed by atoms with E-state index in [9.17, 15) is 0 Å². The smallest absolute Gasteiger partial charge is 0.163 e. The van der Waals surface area contributed by atoms with Crippen molar-refractivity contribution in [2.45, 2.75) is 19.8 Å². The molecule has 0 aliphatic rings. The highest BCUT2D eigenvalue weighted by Crippen LogP contribution is 2.31. The fourth-order valence-electron chi connectivity index (χ4n) is 2.26. The van der Waals surface area contributed by atoms with E-state index >= 15 is 0 Å². The van der Waals surface area contributed by atoms with Gasteiger partial charge in [0, 0.05) is 0 Å². The zero-order chi connectivity index (χ0) is 17.1. The lowest BCUT2D eigenvalue weighted by atomic mass is 10.0. The Hall–Kier alpha value is -1.91. The van der Waals surface area contributed by atoms with Crippen molar-refractivity contribution in [3.05, 3.63) is 53.6 Å². The van der Waals surface area contributed by atoms with Crippen LogP contribution < -0.4 is 19.9 Å². The van der Waals surface area contributed by atoms with Gasteiger partial charge >= 0.3 is 0 Å². The SMILES string of the molecule is CCN.COc1cccc(CCc2cccc(OC)c2OC)c1.Cl. The first-order valence-electron chi connectivity index (χ1n) is 7.72. The Morgan fingerprint density at radius 3 is 2.12 bits per heavy atom. The van der Waals surface area contributed by atoms with Crippen LogP contribution in [0.5, 0.6) is 17.2 Å². The monoisotopic (exact) mass is 353 g/mol. The Bertz CT molecular complexity index is 591. The van der Waals surface area contributed by atoms with Gasteiger partial charge in [0.1, 0.15) is 5.75 Å². The third kappa shape index (κ3) is 6.69. The summed E-state index contributed by atoms with van der Waals surface area (Å²) in [6.07, 6.45) is 1.83. The Kier molecular flexibility index (Phi) is 11.5. The summed E-state index contributed by atoms with van der Waals surface area (Å²) in [5.74, 6) is 2.48. The molecule has 2 aromatic rings. The molecular formula is C19H28ClNO3. The number of nitrogens with two attached hydrogens (primary N) is 1. The van der Waals surface area contributed by atoms with Crippen molar-refractivity contribution >= 4 is 12.4 Å². The van der Waals surface area contributed by atoms with Gasteiger partial charge < -0.3 is 19.9 Å². The molecule has 0 unspecified atom stereocenters. The van der Waals surface area contributed by atoms with Crippen molar-refractivity contribution in [3.63, 3.8) is 0 Å². The van der Waals surface area contributed by atoms with Gasteiger partial charge in [-0.3, -0.25) is 0 Å². The third-order valence-electron chi connectivity index (χ3n) is 3.30. The van der Waals surface area contributed by atoms with Crippen LogP contribution in [0.4, 0.5) is 0 Å². The average molecular weight is 354 g/mol. The molecule has 2 N–H and O–H groups in total. The van der Waals surface area contributed by atoms with Gasteiger partial charge in [-0.25, -0.2) is 0 Å². The van der Waals surface area contributed by atoms with Crippen LogP contribution in [0.1, 0.15) is 18.1 Å². The molecule has 0 aliphatic heterocycles. The third-order valence-corrected chi connectivity index (χ3v) is 3.30. The van der Waals surface area contributed by atoms with Gasteiger partial charge in [-0.05, 0) is 48.7 Å². The minimum Gasteiger partial charge on any atom is -0.497 e. The second kappa shape index (κ2) is 12.5. The lowest BCUT2D eigenvalue weighted by Gasteiger charge is -2.12. The molecule has 4 nitrogen and oxygen atoms in total. The first-order valence-corrected chi connectivity index (χ1v) is 7.72. The van der Waals surface area contributed by atoms with E-state index in [1.807, 2.05) is 31.2 Å². The molecule has 0 spiro atoms. The van der Waals surface area contributed by atoms with Crippen molar-refractivity contribution in [3.8, 4) is 17.2 Å². The van der Waals surface area contributed by atoms with Crippen LogP contribution in [0.2, 0.25) is 0 Å². The molecule has 0 aromatic heterocycles. The Morgan fingerprint density at radius 1 is 0.875 bits per heavy atom. The zero-order valence-electron chi connectivity index (χ0n) is 14.9. The predicted octanol–water partition coefficient (Wildman–Crippen LogP) is 3.88. The topological polar surface area (TPSA) is 53.7 Å². The molecule has 5 heteroatoms. The fraction of sp³-hybridized carbons (Fsp3) is 0.368. The molecule has 2 rings (SSSR count). The summed E-state index contributed by atoms with van der Waals surface area (Å²) in [7, 11) is 5.01. The summed E-state index contributed by atoms with van der Waals surface area (Å²) in [4.78, 5) is 0. The van der Waals surface area contributed by atoms with Crippen LogP contribution in [-0.2, 0) is 12.8 Å². The molecule has 2 aromatic carbocycles. The van der Waals surface area contributed by atoms with Crippen LogP contribution in [0.15, 0.2) is 42.5 Å². The van der Waals surface area contributed by atoms with Crippen LogP contribution in [-0.4, -0.2) is 27.9 Å². The van der Waals surface area contributed by atoms with Crippen LogP contribution >= 0.6 is 12.4 Å². The Morgan fingerprint density at radius 2 is 1.54 bits per heavy atom. The van der Waals surface area contributed by atoms with E-state index in [1.54, 1.807) is 21.3 Å². The van der Waals surface area contributed by atoms with Gasteiger partial charge in [0.2, 0.25) is 0 Å². The number of ether oxygens (including phenoxy) is 3. The maximum Gasteiger partial charge on any atom is 0.163 e. The van der Waals surface area contributed by atoms with Gasteiger partial charge in [0.05, 0.1) is 21.3 Å². The maximum absolute atomic E-state index is 5.45. The van der Waals surface area contributed by atoms with E-state index < -0.39 is 0 Å². The van der Waals surface area contributed by atoms with Crippen molar-refractivity contribution in [2.24, 2.45) is 5.73 Å². The molecule has 0 fully saturated rings. The Labute approximate surface area is 151 Å². The summed E-state index contributed by atoms with van der Waals surface area (Å²) >= 11 is 0. The molecule has 0 saturated heterocycles. The summed E-state index contributed by atoms with van der Waals surface area (Å²) in [6.45, 7) is 2.65. The van der Waals surface area contributed by atoms with Gasteiger partial charge in [-0.15, -0.1) is 12.4 Å². The molecular weight excluding hydrogens is 326 g/mol. The van der Waals surface area contributed by atoms with Crippen LogP contribution in [0.3, 0.4) is 0 Å². The minimum atomic E-state index is 0. The van der Waals surface area contributed by atoms with E-state index in [0.29, 0.717) is 0 Å². The summed E-state index contributed by atoms with van der Waals surface area (Å²) in [6, 6.07) is 14.1. The number of hydrogen-bond donors (Lipinski definition) is 1. The second-order valence-electron chi connectivity index (χ2n) is 4.91. The minimum absolute atomic E-state index is 0. The normalized spacial score (nSPS) is 9.21. The van der Waals surface area contributed by atoms with Gasteiger partial charge in [0.15, 0.2) is 11.5 Å². The lowest BCUT2D eigenvalue weighted by molar-refractivity contribution is 0.351. The van der Waals surface area contributed by atoms with E-state index in [0.717, 1.165) is 42.2 Å². The summed E-state index contributed by atoms with van der Waals surface area (Å²) in [5, 5.41) is 0. The number of methoxy groups -OCH3 is 3. The molecule has 0 bridgehead atoms. The van der Waals surface area contributed by atoms with Crippen LogP contribution in [0, 0.1) is 0 Å². The number of rotatable bonds is 6. The van der Waals surface area contributed by atoms with Gasteiger partial charge in [0.25, 0.3) is 0 Å². The van der Waals surface area contributed by atoms with Crippen molar-refractivity contribution < 1.29 is 14.2 Å². The molecule has 134 valence electrons. The van der Waals surface area contributed by atoms with E-state index in [2.05, 4.69) is 18.2 Å². The van der Waals surface area contributed by atoms with Crippen molar-refractivity contribution in [2.75, 3.05) is 27.9 Å². The largest absolute Gasteiger partial charge is 0.497 e. The zero-order valence-corrected chi connectivity index (χ0v) is 15.7. The maximum atomic E-state index is 5.45. The van der Waals surface area contributed by atoms with E-state index in [1.165, 1.54) is 5.56 Å². The highest BCUT2D eigenvalue weighted by atomic mass is 35.5. The highest BCUT2D eigenvalue weighted by Gasteiger charge is 2.09. The van der Waals surface area contributed by atoms with E-state index in [-0.39, 0.29) is 12.4 Å². The summed E-state index contributed by atoms with van der Waals surface area (Å²) < 4.78 is 16.0. The number of halogens is 1. The molecule has 0 radical (unpaired) electrons. The second-order valence-corrected chi connectivity index (χ2v) is 4.91. The lowest BCUT2D eigenvalue weighted by Crippen LogP contribution is -1.98. The number of para-hydroxylation sites is 1. The number of benzene rings is 2. The molecule has 0 heterocycles.